The molecular weight excluding hydrogens is 452 g/mol. The Morgan fingerprint density at radius 3 is 2.94 bits per heavy atom. The summed E-state index contributed by atoms with van der Waals surface area (Å²) in [5.41, 5.74) is 2.50. The van der Waals surface area contributed by atoms with Gasteiger partial charge in [0, 0.05) is 36.1 Å². The molecule has 2 aromatic heterocycles. The number of hydrogen-bond acceptors (Lipinski definition) is 7. The van der Waals surface area contributed by atoms with Crippen molar-refractivity contribution in [3.8, 4) is 5.75 Å². The van der Waals surface area contributed by atoms with Crippen molar-refractivity contribution < 1.29 is 23.0 Å². The number of carbonyl (C=O) groups is 1. The Bertz CT molecular complexity index is 1100. The smallest absolute Gasteiger partial charge is 0.240 e. The van der Waals surface area contributed by atoms with Crippen LogP contribution < -0.4 is 10.1 Å². The van der Waals surface area contributed by atoms with E-state index in [2.05, 4.69) is 20.5 Å². The second-order valence-electron chi connectivity index (χ2n) is 7.80. The number of H-pyrrole nitrogens is 1. The normalized spacial score (nSPS) is 16.7. The third kappa shape index (κ3) is 6.12. The van der Waals surface area contributed by atoms with Crippen LogP contribution in [-0.2, 0) is 16.0 Å². The van der Waals surface area contributed by atoms with Gasteiger partial charge in [-0.2, -0.15) is 5.10 Å². The Morgan fingerprint density at radius 1 is 1.33 bits per heavy atom. The van der Waals surface area contributed by atoms with Crippen LogP contribution in [0.1, 0.15) is 28.1 Å². The summed E-state index contributed by atoms with van der Waals surface area (Å²) in [6.45, 7) is 6.10. The Hall–Kier alpha value is -2.89. The first-order chi connectivity index (χ1) is 15.9. The standard InChI is InChI=1S/C22H25F2N5O3S/c1-13-14(2)33-22(25-13)26-21(30)12-29-6-8-32-20(11-29)19-9-15(27-28-19)5-7-31-16-3-4-17(23)18(24)10-16/h3-4,9-10,20H,5-8,11-12H2,1-2H3,(H,27,28)(H,25,26,30). The van der Waals surface area contributed by atoms with Crippen molar-refractivity contribution in [3.05, 3.63) is 57.9 Å². The Kier molecular flexibility index (Phi) is 7.31. The maximum atomic E-state index is 13.3. The molecular formula is C22H25F2N5O3S. The molecule has 11 heteroatoms. The molecule has 4 rings (SSSR count). The van der Waals surface area contributed by atoms with E-state index in [0.717, 1.165) is 34.1 Å². The molecule has 176 valence electrons. The van der Waals surface area contributed by atoms with Gasteiger partial charge in [-0.25, -0.2) is 13.8 Å². The van der Waals surface area contributed by atoms with E-state index in [1.807, 2.05) is 24.8 Å². The molecule has 1 amide bonds. The minimum Gasteiger partial charge on any atom is -0.493 e. The molecule has 1 aliphatic rings. The van der Waals surface area contributed by atoms with Crippen LogP contribution in [0.15, 0.2) is 24.3 Å². The second kappa shape index (κ2) is 10.4. The molecule has 0 aliphatic carbocycles. The quantitative estimate of drug-likeness (QED) is 0.517. The third-order valence-electron chi connectivity index (χ3n) is 5.30. The van der Waals surface area contributed by atoms with E-state index in [0.29, 0.717) is 31.2 Å². The first kappa shape index (κ1) is 23.3. The zero-order valence-corrected chi connectivity index (χ0v) is 19.2. The average molecular weight is 478 g/mol. The summed E-state index contributed by atoms with van der Waals surface area (Å²) in [5, 5.41) is 10.8. The van der Waals surface area contributed by atoms with Crippen molar-refractivity contribution in [1.82, 2.24) is 20.1 Å². The van der Waals surface area contributed by atoms with E-state index in [9.17, 15) is 13.6 Å². The van der Waals surface area contributed by atoms with Gasteiger partial charge in [0.2, 0.25) is 5.91 Å². The predicted octanol–water partition coefficient (Wildman–Crippen LogP) is 3.39. The lowest BCUT2D eigenvalue weighted by atomic mass is 10.2. The number of halogens is 2. The van der Waals surface area contributed by atoms with Crippen molar-refractivity contribution in [2.75, 3.05) is 38.2 Å². The lowest BCUT2D eigenvalue weighted by molar-refractivity contribution is -0.119. The van der Waals surface area contributed by atoms with Gasteiger partial charge in [-0.15, -0.1) is 11.3 Å². The average Bonchev–Trinajstić information content (AvgIpc) is 3.37. The van der Waals surface area contributed by atoms with Gasteiger partial charge in [0.1, 0.15) is 11.9 Å². The molecule has 8 nitrogen and oxygen atoms in total. The van der Waals surface area contributed by atoms with E-state index in [1.54, 1.807) is 0 Å². The molecule has 1 unspecified atom stereocenters. The molecule has 2 N–H and O–H groups in total. The number of hydrogen-bond donors (Lipinski definition) is 2. The molecule has 0 bridgehead atoms. The van der Waals surface area contributed by atoms with Crippen LogP contribution in [0.2, 0.25) is 0 Å². The number of aromatic amines is 1. The molecule has 0 spiro atoms. The van der Waals surface area contributed by atoms with Crippen LogP contribution >= 0.6 is 11.3 Å². The SMILES string of the molecule is Cc1nc(NC(=O)CN2CCOC(c3cc(CCOc4ccc(F)c(F)c4)[nH]n3)C2)sc1C. The molecule has 0 saturated carbocycles. The van der Waals surface area contributed by atoms with Crippen molar-refractivity contribution in [2.24, 2.45) is 0 Å². The molecule has 3 aromatic rings. The number of ether oxygens (including phenoxy) is 2. The molecule has 1 fully saturated rings. The third-order valence-corrected chi connectivity index (χ3v) is 6.29. The van der Waals surface area contributed by atoms with Crippen LogP contribution in [0, 0.1) is 25.5 Å². The van der Waals surface area contributed by atoms with Crippen LogP contribution in [0.4, 0.5) is 13.9 Å². The monoisotopic (exact) mass is 477 g/mol. The highest BCUT2D eigenvalue weighted by molar-refractivity contribution is 7.15. The number of nitrogens with one attached hydrogen (secondary N) is 2. The summed E-state index contributed by atoms with van der Waals surface area (Å²) in [5.74, 6) is -1.70. The van der Waals surface area contributed by atoms with Gasteiger partial charge in [0.25, 0.3) is 0 Å². The van der Waals surface area contributed by atoms with E-state index in [4.69, 9.17) is 9.47 Å². The first-order valence-corrected chi connectivity index (χ1v) is 11.4. The van der Waals surface area contributed by atoms with Crippen molar-refractivity contribution >= 4 is 22.4 Å². The first-order valence-electron chi connectivity index (χ1n) is 10.6. The van der Waals surface area contributed by atoms with Gasteiger partial charge >= 0.3 is 0 Å². The number of nitrogens with zero attached hydrogens (tertiary/aromatic N) is 3. The van der Waals surface area contributed by atoms with E-state index < -0.39 is 11.6 Å². The van der Waals surface area contributed by atoms with Gasteiger partial charge in [0.05, 0.1) is 31.1 Å². The minimum absolute atomic E-state index is 0.110. The fourth-order valence-corrected chi connectivity index (χ4v) is 4.26. The summed E-state index contributed by atoms with van der Waals surface area (Å²) in [6, 6.07) is 5.33. The number of aromatic nitrogens is 3. The molecule has 0 radical (unpaired) electrons. The Morgan fingerprint density at radius 2 is 2.18 bits per heavy atom. The predicted molar refractivity (Wildman–Crippen MR) is 119 cm³/mol. The largest absolute Gasteiger partial charge is 0.493 e. The highest BCUT2D eigenvalue weighted by atomic mass is 32.1. The molecule has 3 heterocycles. The molecule has 1 aliphatic heterocycles. The number of rotatable bonds is 8. The van der Waals surface area contributed by atoms with Crippen LogP contribution in [0.25, 0.3) is 0 Å². The molecule has 33 heavy (non-hydrogen) atoms. The molecule has 1 atom stereocenters. The summed E-state index contributed by atoms with van der Waals surface area (Å²) in [7, 11) is 0. The number of amides is 1. The number of thiazole rings is 1. The Balaban J connectivity index is 1.26. The van der Waals surface area contributed by atoms with E-state index in [-0.39, 0.29) is 30.9 Å². The number of morpholine rings is 1. The van der Waals surface area contributed by atoms with Gasteiger partial charge in [0.15, 0.2) is 16.8 Å². The van der Waals surface area contributed by atoms with Crippen molar-refractivity contribution in [1.29, 1.82) is 0 Å². The van der Waals surface area contributed by atoms with Crippen molar-refractivity contribution in [2.45, 2.75) is 26.4 Å². The minimum atomic E-state index is -0.944. The van der Waals surface area contributed by atoms with E-state index in [1.165, 1.54) is 17.4 Å². The number of aryl methyl sites for hydroxylation is 2. The van der Waals surface area contributed by atoms with Gasteiger partial charge in [-0.05, 0) is 32.0 Å². The Labute approximate surface area is 193 Å². The lowest BCUT2D eigenvalue weighted by Crippen LogP contribution is -2.42. The van der Waals surface area contributed by atoms with Crippen LogP contribution in [0.5, 0.6) is 5.75 Å². The zero-order valence-electron chi connectivity index (χ0n) is 18.4. The van der Waals surface area contributed by atoms with E-state index >= 15 is 0 Å². The van der Waals surface area contributed by atoms with Crippen molar-refractivity contribution in [3.63, 3.8) is 0 Å². The fraction of sp³-hybridized carbons (Fsp3) is 0.409. The number of carbonyl (C=O) groups excluding carboxylic acids is 1. The highest BCUT2D eigenvalue weighted by Gasteiger charge is 2.25. The summed E-state index contributed by atoms with van der Waals surface area (Å²) in [6.07, 6.45) is 0.255. The van der Waals surface area contributed by atoms with Gasteiger partial charge < -0.3 is 14.8 Å². The fourth-order valence-electron chi connectivity index (χ4n) is 3.43. The summed E-state index contributed by atoms with van der Waals surface area (Å²) < 4.78 is 37.6. The van der Waals surface area contributed by atoms with Crippen LogP contribution in [0.3, 0.4) is 0 Å². The maximum absolute atomic E-state index is 13.3. The summed E-state index contributed by atoms with van der Waals surface area (Å²) in [4.78, 5) is 19.9. The number of anilines is 1. The van der Waals surface area contributed by atoms with Gasteiger partial charge in [-0.1, -0.05) is 0 Å². The summed E-state index contributed by atoms with van der Waals surface area (Å²) >= 11 is 1.47. The lowest BCUT2D eigenvalue weighted by Gasteiger charge is -2.31. The highest BCUT2D eigenvalue weighted by Crippen LogP contribution is 2.23. The molecule has 1 saturated heterocycles. The second-order valence-corrected chi connectivity index (χ2v) is 9.00. The topological polar surface area (TPSA) is 92.4 Å². The van der Waals surface area contributed by atoms with Gasteiger partial charge in [-0.3, -0.25) is 14.8 Å². The zero-order chi connectivity index (χ0) is 23.4. The maximum Gasteiger partial charge on any atom is 0.240 e. The number of benzene rings is 1. The van der Waals surface area contributed by atoms with Crippen LogP contribution in [-0.4, -0.2) is 58.8 Å². The molecule has 1 aromatic carbocycles.